The molecule has 2 N–H and O–H groups in total. The minimum Gasteiger partial charge on any atom is -0.356 e. The van der Waals surface area contributed by atoms with Gasteiger partial charge in [-0.1, -0.05) is 0 Å². The van der Waals surface area contributed by atoms with Gasteiger partial charge in [0, 0.05) is 51.7 Å². The molecule has 0 unspecified atom stereocenters. The predicted molar refractivity (Wildman–Crippen MR) is 103 cm³/mol. The quantitative estimate of drug-likeness (QED) is 0.362. The van der Waals surface area contributed by atoms with Crippen molar-refractivity contribution in [2.45, 2.75) is 19.4 Å². The number of halogens is 1. The Kier molecular flexibility index (Phi) is 6.56. The van der Waals surface area contributed by atoms with Crippen molar-refractivity contribution in [1.82, 2.24) is 30.2 Å². The van der Waals surface area contributed by atoms with Gasteiger partial charge in [0.1, 0.15) is 5.82 Å². The van der Waals surface area contributed by atoms with Gasteiger partial charge in [-0.3, -0.25) is 9.67 Å². The second-order valence-electron chi connectivity index (χ2n) is 6.03. The van der Waals surface area contributed by atoms with Gasteiger partial charge in [-0.05, 0) is 42.8 Å². The third-order valence-corrected chi connectivity index (χ3v) is 4.05. The van der Waals surface area contributed by atoms with Crippen LogP contribution in [0.2, 0.25) is 0 Å². The zero-order valence-electron chi connectivity index (χ0n) is 15.3. The Hall–Kier alpha value is -3.16. The first-order chi connectivity index (χ1) is 13.2. The Morgan fingerprint density at radius 1 is 1.11 bits per heavy atom. The van der Waals surface area contributed by atoms with Crippen LogP contribution in [0.25, 0.3) is 5.69 Å². The standard InChI is InChI=1S/C19H24FN7/c1-21-19(22-10-2-13-26-14-3-11-24-26)23-12-8-17-9-15-27(25-17)18-6-4-16(20)5-7-18/h3-7,9,11,14-15H,2,8,10,12-13H2,1H3,(H2,21,22,23). The lowest BCUT2D eigenvalue weighted by Crippen LogP contribution is -2.39. The van der Waals surface area contributed by atoms with E-state index < -0.39 is 0 Å². The van der Waals surface area contributed by atoms with E-state index >= 15 is 0 Å². The van der Waals surface area contributed by atoms with E-state index in [1.807, 2.05) is 29.2 Å². The molecule has 0 saturated heterocycles. The van der Waals surface area contributed by atoms with Crippen LogP contribution in [0.15, 0.2) is 60.0 Å². The van der Waals surface area contributed by atoms with Gasteiger partial charge in [0.05, 0.1) is 11.4 Å². The molecule has 3 rings (SSSR count). The van der Waals surface area contributed by atoms with Crippen LogP contribution < -0.4 is 10.6 Å². The number of hydrogen-bond acceptors (Lipinski definition) is 3. The summed E-state index contributed by atoms with van der Waals surface area (Å²) in [4.78, 5) is 4.23. The molecule has 0 aliphatic rings. The normalized spacial score (nSPS) is 11.6. The van der Waals surface area contributed by atoms with E-state index in [1.54, 1.807) is 30.1 Å². The van der Waals surface area contributed by atoms with Crippen molar-refractivity contribution in [2.75, 3.05) is 20.1 Å². The maximum Gasteiger partial charge on any atom is 0.190 e. The van der Waals surface area contributed by atoms with Gasteiger partial charge in [0.2, 0.25) is 0 Å². The van der Waals surface area contributed by atoms with Gasteiger partial charge < -0.3 is 10.6 Å². The SMILES string of the molecule is CN=C(NCCCn1cccn1)NCCc1ccn(-c2ccc(F)cc2)n1. The number of benzene rings is 1. The van der Waals surface area contributed by atoms with E-state index in [2.05, 4.69) is 25.8 Å². The fourth-order valence-electron chi connectivity index (χ4n) is 2.64. The minimum absolute atomic E-state index is 0.251. The van der Waals surface area contributed by atoms with E-state index in [4.69, 9.17) is 0 Å². The highest BCUT2D eigenvalue weighted by atomic mass is 19.1. The summed E-state index contributed by atoms with van der Waals surface area (Å²) in [5.74, 6) is 0.521. The molecule has 0 fully saturated rings. The molecule has 0 amide bonds. The Bertz CT molecular complexity index is 837. The molecule has 3 aromatic rings. The lowest BCUT2D eigenvalue weighted by atomic mass is 10.3. The Morgan fingerprint density at radius 2 is 1.93 bits per heavy atom. The molecule has 7 nitrogen and oxygen atoms in total. The van der Waals surface area contributed by atoms with Gasteiger partial charge in [-0.25, -0.2) is 9.07 Å². The van der Waals surface area contributed by atoms with Crippen LogP contribution in [0.1, 0.15) is 12.1 Å². The van der Waals surface area contributed by atoms with Crippen LogP contribution in [0, 0.1) is 5.82 Å². The molecular weight excluding hydrogens is 345 g/mol. The maximum absolute atomic E-state index is 13.0. The summed E-state index contributed by atoms with van der Waals surface area (Å²) in [5, 5.41) is 15.3. The Morgan fingerprint density at radius 3 is 2.67 bits per heavy atom. The monoisotopic (exact) mass is 369 g/mol. The van der Waals surface area contributed by atoms with Crippen molar-refractivity contribution in [2.24, 2.45) is 4.99 Å². The first-order valence-electron chi connectivity index (χ1n) is 8.97. The molecule has 1 aromatic carbocycles. The van der Waals surface area contributed by atoms with Crippen molar-refractivity contribution >= 4 is 5.96 Å². The molecule has 2 aromatic heterocycles. The van der Waals surface area contributed by atoms with Gasteiger partial charge in [0.25, 0.3) is 0 Å². The highest BCUT2D eigenvalue weighted by Crippen LogP contribution is 2.09. The predicted octanol–water partition coefficient (Wildman–Crippen LogP) is 2.01. The second-order valence-corrected chi connectivity index (χ2v) is 6.03. The summed E-state index contributed by atoms with van der Waals surface area (Å²) in [6, 6.07) is 10.2. The third-order valence-electron chi connectivity index (χ3n) is 4.05. The van der Waals surface area contributed by atoms with E-state index in [0.29, 0.717) is 0 Å². The van der Waals surface area contributed by atoms with Crippen LogP contribution in [0.5, 0.6) is 0 Å². The Labute approximate surface area is 157 Å². The van der Waals surface area contributed by atoms with Crippen LogP contribution in [0.4, 0.5) is 4.39 Å². The average Bonchev–Trinajstić information content (AvgIpc) is 3.36. The summed E-state index contributed by atoms with van der Waals surface area (Å²) < 4.78 is 16.7. The zero-order chi connectivity index (χ0) is 18.9. The van der Waals surface area contributed by atoms with Gasteiger partial charge in [0.15, 0.2) is 5.96 Å². The number of aromatic nitrogens is 4. The molecule has 0 aliphatic heterocycles. The molecule has 0 aliphatic carbocycles. The van der Waals surface area contributed by atoms with E-state index in [1.165, 1.54) is 12.1 Å². The topological polar surface area (TPSA) is 72.1 Å². The molecule has 8 heteroatoms. The van der Waals surface area contributed by atoms with E-state index in [-0.39, 0.29) is 5.82 Å². The number of nitrogens with one attached hydrogen (secondary N) is 2. The Balaban J connectivity index is 1.38. The molecule has 0 bridgehead atoms. The molecule has 27 heavy (non-hydrogen) atoms. The van der Waals surface area contributed by atoms with Crippen molar-refractivity contribution in [1.29, 1.82) is 0 Å². The van der Waals surface area contributed by atoms with Crippen molar-refractivity contribution < 1.29 is 4.39 Å². The maximum atomic E-state index is 13.0. The number of aryl methyl sites for hydroxylation is 1. The number of aliphatic imine (C=N–C) groups is 1. The van der Waals surface area contributed by atoms with E-state index in [0.717, 1.165) is 49.8 Å². The highest BCUT2D eigenvalue weighted by Gasteiger charge is 2.03. The third kappa shape index (κ3) is 5.67. The number of hydrogen-bond donors (Lipinski definition) is 2. The van der Waals surface area contributed by atoms with Crippen LogP contribution in [0.3, 0.4) is 0 Å². The van der Waals surface area contributed by atoms with Crippen LogP contribution in [-0.2, 0) is 13.0 Å². The van der Waals surface area contributed by atoms with Gasteiger partial charge in [-0.2, -0.15) is 10.2 Å². The lowest BCUT2D eigenvalue weighted by molar-refractivity contribution is 0.570. The number of guanidine groups is 1. The van der Waals surface area contributed by atoms with Crippen molar-refractivity contribution in [3.05, 3.63) is 66.5 Å². The lowest BCUT2D eigenvalue weighted by Gasteiger charge is -2.11. The molecule has 0 radical (unpaired) electrons. The largest absolute Gasteiger partial charge is 0.356 e. The summed E-state index contributed by atoms with van der Waals surface area (Å²) in [5.41, 5.74) is 1.80. The van der Waals surface area contributed by atoms with Crippen LogP contribution in [-0.4, -0.2) is 45.7 Å². The zero-order valence-corrected chi connectivity index (χ0v) is 15.3. The molecule has 2 heterocycles. The smallest absolute Gasteiger partial charge is 0.190 e. The first-order valence-corrected chi connectivity index (χ1v) is 8.97. The molecular formula is C19H24FN7. The molecule has 0 spiro atoms. The van der Waals surface area contributed by atoms with Crippen molar-refractivity contribution in [3.8, 4) is 5.69 Å². The summed E-state index contributed by atoms with van der Waals surface area (Å²) >= 11 is 0. The summed E-state index contributed by atoms with van der Waals surface area (Å²) in [6.07, 6.45) is 7.35. The first kappa shape index (κ1) is 18.6. The highest BCUT2D eigenvalue weighted by molar-refractivity contribution is 5.79. The average molecular weight is 369 g/mol. The molecule has 142 valence electrons. The minimum atomic E-state index is -0.251. The summed E-state index contributed by atoms with van der Waals surface area (Å²) in [6.45, 7) is 2.41. The second kappa shape index (κ2) is 9.51. The molecule has 0 atom stereocenters. The number of nitrogens with zero attached hydrogens (tertiary/aromatic N) is 5. The molecule has 0 saturated carbocycles. The van der Waals surface area contributed by atoms with Crippen molar-refractivity contribution in [3.63, 3.8) is 0 Å². The fourth-order valence-corrected chi connectivity index (χ4v) is 2.64. The van der Waals surface area contributed by atoms with Gasteiger partial charge in [-0.15, -0.1) is 0 Å². The van der Waals surface area contributed by atoms with Crippen LogP contribution >= 0.6 is 0 Å². The summed E-state index contributed by atoms with van der Waals surface area (Å²) in [7, 11) is 1.76. The number of rotatable bonds is 8. The fraction of sp³-hybridized carbons (Fsp3) is 0.316. The van der Waals surface area contributed by atoms with Gasteiger partial charge >= 0.3 is 0 Å². The van der Waals surface area contributed by atoms with E-state index in [9.17, 15) is 4.39 Å².